The molecule has 0 aliphatic carbocycles. The van der Waals surface area contributed by atoms with Crippen LogP contribution in [0.4, 0.5) is 10.5 Å². The number of fused-ring (bicyclic) bond motifs is 1. The van der Waals surface area contributed by atoms with Gasteiger partial charge in [0.05, 0.1) is 13.2 Å². The predicted molar refractivity (Wildman–Crippen MR) is 166 cm³/mol. The number of rotatable bonds is 13. The third kappa shape index (κ3) is 9.39. The SMILES string of the molecule is Cc1cccc(OCCCC(=O)N2CCCc3c(-c4cccc(COC(=O)N[C@@H](COP(=O)(O)O)C(=O)O)c4)cccc32)c1C. The maximum absolute atomic E-state index is 13.3. The van der Waals surface area contributed by atoms with E-state index in [9.17, 15) is 24.1 Å². The van der Waals surface area contributed by atoms with Crippen molar-refractivity contribution in [2.24, 2.45) is 0 Å². The summed E-state index contributed by atoms with van der Waals surface area (Å²) in [4.78, 5) is 56.2. The number of benzene rings is 3. The number of aliphatic carboxylic acids is 1. The van der Waals surface area contributed by atoms with Crippen LogP contribution in [0.15, 0.2) is 60.7 Å². The van der Waals surface area contributed by atoms with Crippen LogP contribution in [0.5, 0.6) is 5.75 Å². The van der Waals surface area contributed by atoms with Gasteiger partial charge < -0.3 is 34.6 Å². The molecule has 0 aromatic heterocycles. The fourth-order valence-electron chi connectivity index (χ4n) is 5.08. The number of carbonyl (C=O) groups excluding carboxylic acids is 2. The molecule has 3 aromatic carbocycles. The highest BCUT2D eigenvalue weighted by Crippen LogP contribution is 2.37. The van der Waals surface area contributed by atoms with E-state index < -0.39 is 32.5 Å². The van der Waals surface area contributed by atoms with Gasteiger partial charge in [0, 0.05) is 18.7 Å². The van der Waals surface area contributed by atoms with E-state index in [4.69, 9.17) is 19.3 Å². The first-order chi connectivity index (χ1) is 21.4. The second-order valence-corrected chi connectivity index (χ2v) is 11.9. The zero-order chi connectivity index (χ0) is 32.6. The van der Waals surface area contributed by atoms with Gasteiger partial charge in [0.25, 0.3) is 0 Å². The molecular weight excluding hydrogens is 603 g/mol. The molecule has 45 heavy (non-hydrogen) atoms. The zero-order valence-corrected chi connectivity index (χ0v) is 26.0. The molecule has 1 atom stereocenters. The van der Waals surface area contributed by atoms with Crippen LogP contribution in [0, 0.1) is 13.8 Å². The number of phosphoric ester groups is 1. The van der Waals surface area contributed by atoms with E-state index >= 15 is 0 Å². The van der Waals surface area contributed by atoms with E-state index in [0.29, 0.717) is 31.6 Å². The number of ether oxygens (including phenoxy) is 2. The molecule has 1 aliphatic heterocycles. The van der Waals surface area contributed by atoms with Gasteiger partial charge in [-0.2, -0.15) is 0 Å². The molecule has 0 spiro atoms. The highest BCUT2D eigenvalue weighted by Gasteiger charge is 2.26. The van der Waals surface area contributed by atoms with E-state index in [1.54, 1.807) is 12.1 Å². The molecule has 0 saturated heterocycles. The topological polar surface area (TPSA) is 172 Å². The number of carbonyl (C=O) groups is 3. The lowest BCUT2D eigenvalue weighted by Crippen LogP contribution is -2.44. The number of nitrogens with zero attached hydrogens (tertiary/aromatic N) is 1. The van der Waals surface area contributed by atoms with Gasteiger partial charge in [0.15, 0.2) is 6.04 Å². The maximum atomic E-state index is 13.3. The van der Waals surface area contributed by atoms with Crippen LogP contribution >= 0.6 is 7.82 Å². The number of carboxylic acids is 1. The van der Waals surface area contributed by atoms with Crippen LogP contribution in [0.25, 0.3) is 11.1 Å². The third-order valence-electron chi connectivity index (χ3n) is 7.51. The summed E-state index contributed by atoms with van der Waals surface area (Å²) in [6, 6.07) is 17.4. The largest absolute Gasteiger partial charge is 0.493 e. The Morgan fingerprint density at radius 2 is 1.80 bits per heavy atom. The Kier molecular flexibility index (Phi) is 11.4. The van der Waals surface area contributed by atoms with Crippen LogP contribution in [-0.4, -0.2) is 58.7 Å². The first-order valence-corrected chi connectivity index (χ1v) is 16.0. The average molecular weight is 641 g/mol. The number of hydrogen-bond acceptors (Lipinski definition) is 7. The summed E-state index contributed by atoms with van der Waals surface area (Å²) in [5.41, 5.74) is 6.62. The van der Waals surface area contributed by atoms with Gasteiger partial charge in [-0.05, 0) is 84.7 Å². The number of hydrogen-bond donors (Lipinski definition) is 4. The van der Waals surface area contributed by atoms with E-state index in [-0.39, 0.29) is 12.5 Å². The zero-order valence-electron chi connectivity index (χ0n) is 25.1. The van der Waals surface area contributed by atoms with Gasteiger partial charge in [0.1, 0.15) is 12.4 Å². The molecule has 13 heteroatoms. The van der Waals surface area contributed by atoms with Gasteiger partial charge in [0.2, 0.25) is 5.91 Å². The quantitative estimate of drug-likeness (QED) is 0.149. The minimum Gasteiger partial charge on any atom is -0.493 e. The fourth-order valence-corrected chi connectivity index (χ4v) is 5.43. The van der Waals surface area contributed by atoms with Crippen molar-refractivity contribution < 1.29 is 47.8 Å². The van der Waals surface area contributed by atoms with Crippen molar-refractivity contribution in [2.45, 2.75) is 52.2 Å². The van der Waals surface area contributed by atoms with Crippen LogP contribution in [0.2, 0.25) is 0 Å². The summed E-state index contributed by atoms with van der Waals surface area (Å²) in [6.07, 6.45) is 1.47. The summed E-state index contributed by atoms with van der Waals surface area (Å²) in [5, 5.41) is 11.2. The van der Waals surface area contributed by atoms with E-state index in [2.05, 4.69) is 4.52 Å². The Morgan fingerprint density at radius 1 is 1.04 bits per heavy atom. The number of amides is 2. The monoisotopic (exact) mass is 640 g/mol. The van der Waals surface area contributed by atoms with Crippen molar-refractivity contribution in [1.82, 2.24) is 5.32 Å². The van der Waals surface area contributed by atoms with E-state index in [0.717, 1.165) is 52.1 Å². The predicted octanol–water partition coefficient (Wildman–Crippen LogP) is 4.90. The van der Waals surface area contributed by atoms with Crippen molar-refractivity contribution in [3.63, 3.8) is 0 Å². The molecule has 4 N–H and O–H groups in total. The molecular formula is C32H37N2O10P. The lowest BCUT2D eigenvalue weighted by molar-refractivity contribution is -0.140. The summed E-state index contributed by atoms with van der Waals surface area (Å²) in [7, 11) is -4.92. The Hall–Kier alpha value is -4.22. The first kappa shape index (κ1) is 33.7. The second-order valence-electron chi connectivity index (χ2n) is 10.7. The average Bonchev–Trinajstić information content (AvgIpc) is 3.01. The maximum Gasteiger partial charge on any atom is 0.469 e. The van der Waals surface area contributed by atoms with Crippen molar-refractivity contribution in [3.8, 4) is 16.9 Å². The molecule has 240 valence electrons. The summed E-state index contributed by atoms with van der Waals surface area (Å²) in [6.45, 7) is 4.01. The molecule has 0 unspecified atom stereocenters. The first-order valence-electron chi connectivity index (χ1n) is 14.5. The molecule has 0 saturated carbocycles. The van der Waals surface area contributed by atoms with Crippen molar-refractivity contribution in [3.05, 3.63) is 82.9 Å². The Morgan fingerprint density at radius 3 is 2.56 bits per heavy atom. The molecule has 2 amide bonds. The lowest BCUT2D eigenvalue weighted by Gasteiger charge is -2.31. The second kappa shape index (κ2) is 15.2. The van der Waals surface area contributed by atoms with Crippen molar-refractivity contribution >= 4 is 31.5 Å². The number of phosphoric acid groups is 1. The van der Waals surface area contributed by atoms with Gasteiger partial charge in [-0.25, -0.2) is 14.2 Å². The summed E-state index contributed by atoms with van der Waals surface area (Å²) < 4.78 is 26.1. The standard InChI is InChI=1S/C32H37N2O10P/c1-21-8-3-14-29(22(21)2)42-17-7-15-30(35)34-16-6-12-26-25(11-5-13-28(26)34)24-10-4-9-23(18-24)19-43-32(38)33-27(31(36)37)20-44-45(39,40)41/h3-5,8-11,13-14,18,27H,6-7,12,15-17,19-20H2,1-2H3,(H,33,38)(H,36,37)(H2,39,40,41)/t27-/m0/s1. The van der Waals surface area contributed by atoms with E-state index in [1.807, 2.05) is 72.6 Å². The van der Waals surface area contributed by atoms with Crippen LogP contribution in [0.3, 0.4) is 0 Å². The number of nitrogens with one attached hydrogen (secondary N) is 1. The number of aryl methyl sites for hydroxylation is 1. The minimum absolute atomic E-state index is 0.0386. The number of alkyl carbamates (subject to hydrolysis) is 1. The third-order valence-corrected chi connectivity index (χ3v) is 7.99. The van der Waals surface area contributed by atoms with Crippen LogP contribution < -0.4 is 15.0 Å². The normalized spacial score (nSPS) is 13.5. The highest BCUT2D eigenvalue weighted by atomic mass is 31.2. The van der Waals surface area contributed by atoms with Gasteiger partial charge >= 0.3 is 19.9 Å². The van der Waals surface area contributed by atoms with Gasteiger partial charge in [-0.15, -0.1) is 0 Å². The van der Waals surface area contributed by atoms with Crippen LogP contribution in [-0.2, 0) is 36.4 Å². The fraction of sp³-hybridized carbons (Fsp3) is 0.344. The summed E-state index contributed by atoms with van der Waals surface area (Å²) >= 11 is 0. The lowest BCUT2D eigenvalue weighted by atomic mass is 9.91. The van der Waals surface area contributed by atoms with Gasteiger partial charge in [-0.3, -0.25) is 9.32 Å². The Bertz CT molecular complexity index is 1590. The molecule has 1 aliphatic rings. The molecule has 3 aromatic rings. The minimum atomic E-state index is -4.92. The van der Waals surface area contributed by atoms with Crippen molar-refractivity contribution in [2.75, 3.05) is 24.7 Å². The molecule has 1 heterocycles. The van der Waals surface area contributed by atoms with Gasteiger partial charge in [-0.1, -0.05) is 42.5 Å². The Labute approximate surface area is 261 Å². The molecule has 0 fully saturated rings. The molecule has 0 bridgehead atoms. The highest BCUT2D eigenvalue weighted by molar-refractivity contribution is 7.46. The van der Waals surface area contributed by atoms with Crippen LogP contribution in [0.1, 0.15) is 41.5 Å². The summed E-state index contributed by atoms with van der Waals surface area (Å²) in [5.74, 6) is -0.674. The number of anilines is 1. The van der Waals surface area contributed by atoms with Crippen molar-refractivity contribution in [1.29, 1.82) is 0 Å². The molecule has 4 rings (SSSR count). The van der Waals surface area contributed by atoms with E-state index in [1.165, 1.54) is 0 Å². The molecule has 12 nitrogen and oxygen atoms in total. The Balaban J connectivity index is 1.38. The molecule has 0 radical (unpaired) electrons. The number of carboxylic acid groups (broad SMARTS) is 1. The smallest absolute Gasteiger partial charge is 0.469 e.